The van der Waals surface area contributed by atoms with Crippen LogP contribution in [0.2, 0.25) is 5.02 Å². The lowest BCUT2D eigenvalue weighted by atomic mass is 9.68. The van der Waals surface area contributed by atoms with Gasteiger partial charge in [-0.25, -0.2) is 17.9 Å². The molecule has 2 amide bonds. The van der Waals surface area contributed by atoms with Crippen LogP contribution in [0.1, 0.15) is 50.7 Å². The molecule has 2 aromatic carbocycles. The summed E-state index contributed by atoms with van der Waals surface area (Å²) in [5.74, 6) is -0.0156. The zero-order valence-corrected chi connectivity index (χ0v) is 27.4. The predicted octanol–water partition coefficient (Wildman–Crippen LogP) is 4.73. The van der Waals surface area contributed by atoms with E-state index in [1.807, 2.05) is 18.2 Å². The number of hydrogen-bond acceptors (Lipinski definition) is 8. The number of benzene rings is 2. The van der Waals surface area contributed by atoms with Gasteiger partial charge in [0.2, 0.25) is 0 Å². The highest BCUT2D eigenvalue weighted by Crippen LogP contribution is 2.47. The quantitative estimate of drug-likeness (QED) is 0.422. The number of rotatable bonds is 1. The lowest BCUT2D eigenvalue weighted by Crippen LogP contribution is -2.50. The Balaban J connectivity index is 1.44. The van der Waals surface area contributed by atoms with E-state index < -0.39 is 33.7 Å². The van der Waals surface area contributed by atoms with Gasteiger partial charge >= 0.3 is 6.09 Å². The van der Waals surface area contributed by atoms with Gasteiger partial charge in [-0.15, -0.1) is 0 Å². The van der Waals surface area contributed by atoms with Gasteiger partial charge < -0.3 is 24.4 Å². The Bertz CT molecular complexity index is 1630. The highest BCUT2D eigenvalue weighted by atomic mass is 35.5. The zero-order valence-electron chi connectivity index (χ0n) is 25.8. The second kappa shape index (κ2) is 12.1. The van der Waals surface area contributed by atoms with Gasteiger partial charge in [0.25, 0.3) is 15.9 Å². The van der Waals surface area contributed by atoms with Crippen LogP contribution < -0.4 is 19.7 Å². The molecule has 45 heavy (non-hydrogen) atoms. The van der Waals surface area contributed by atoms with Gasteiger partial charge in [0.15, 0.2) is 0 Å². The van der Waals surface area contributed by atoms with Gasteiger partial charge in [-0.1, -0.05) is 23.7 Å². The fourth-order valence-electron chi connectivity index (χ4n) is 7.07. The van der Waals surface area contributed by atoms with Crippen molar-refractivity contribution in [3.8, 4) is 5.75 Å². The molecule has 2 bridgehead atoms. The van der Waals surface area contributed by atoms with E-state index in [1.165, 1.54) is 38.1 Å². The first-order valence-electron chi connectivity index (χ1n) is 15.5. The molecule has 2 aromatic rings. The standard InChI is InChI=1S/C33H40ClN3O7S/c1-32(2)30(38)36-45(40,41)24-10-13-29-27(17-24)37(18-22-8-11-25(22)28(7-5-15-43-32)44-31(39)35-3)19-33(20-42-29)14-4-6-21-16-23(34)9-12-26(21)33/h5,7,9-10,12-13,16-17,22,25,28H,4,6,8,11,14-15,18-20H2,1-3H3,(H,35,39)(H,36,38)/t22-,25+,28-,33-/m0/s1. The largest absolute Gasteiger partial charge is 0.490 e. The smallest absolute Gasteiger partial charge is 0.407 e. The van der Waals surface area contributed by atoms with Crippen LogP contribution in [0, 0.1) is 11.8 Å². The Hall–Kier alpha value is -3.28. The molecular formula is C33H40ClN3O7S. The Morgan fingerprint density at radius 2 is 2.00 bits per heavy atom. The first kappa shape index (κ1) is 31.7. The van der Waals surface area contributed by atoms with Crippen molar-refractivity contribution in [2.24, 2.45) is 11.8 Å². The van der Waals surface area contributed by atoms with E-state index in [1.54, 1.807) is 18.2 Å². The summed E-state index contributed by atoms with van der Waals surface area (Å²) in [5.41, 5.74) is 1.27. The van der Waals surface area contributed by atoms with Crippen molar-refractivity contribution in [3.63, 3.8) is 0 Å². The number of fused-ring (bicyclic) bond motifs is 4. The van der Waals surface area contributed by atoms with E-state index in [-0.39, 0.29) is 28.8 Å². The van der Waals surface area contributed by atoms with Crippen molar-refractivity contribution in [3.05, 3.63) is 64.7 Å². The summed E-state index contributed by atoms with van der Waals surface area (Å²) in [7, 11) is -2.70. The minimum atomic E-state index is -4.22. The third-order valence-corrected chi connectivity index (χ3v) is 11.3. The molecular weight excluding hydrogens is 618 g/mol. The van der Waals surface area contributed by atoms with Crippen LogP contribution in [0.15, 0.2) is 53.4 Å². The summed E-state index contributed by atoms with van der Waals surface area (Å²) < 4.78 is 47.4. The van der Waals surface area contributed by atoms with Crippen molar-refractivity contribution >= 4 is 39.3 Å². The van der Waals surface area contributed by atoms with Crippen LogP contribution in [-0.2, 0) is 36.1 Å². The average Bonchev–Trinajstić information content (AvgIpc) is 3.13. The SMILES string of the molecule is CNC(=O)O[C@H]1C=CCOC(C)(C)C(=O)NS(=O)(=O)c2ccc3c(c2)N(C[C@@H]2CC[C@H]21)C[C@@]1(CCCc2cc(Cl)ccc21)CO3. The van der Waals surface area contributed by atoms with E-state index in [4.69, 9.17) is 25.8 Å². The normalized spacial score (nSPS) is 28.8. The zero-order chi connectivity index (χ0) is 32.0. The summed E-state index contributed by atoms with van der Waals surface area (Å²) in [6.07, 6.45) is 7.11. The molecule has 2 aliphatic heterocycles. The van der Waals surface area contributed by atoms with E-state index in [0.29, 0.717) is 36.2 Å². The molecule has 1 fully saturated rings. The molecule has 2 N–H and O–H groups in total. The maximum absolute atomic E-state index is 13.5. The van der Waals surface area contributed by atoms with E-state index >= 15 is 0 Å². The third kappa shape index (κ3) is 6.26. The summed E-state index contributed by atoms with van der Waals surface area (Å²) in [6.45, 7) is 4.68. The van der Waals surface area contributed by atoms with Gasteiger partial charge in [-0.05, 0) is 99.4 Å². The molecule has 4 aliphatic rings. The Morgan fingerprint density at radius 1 is 1.18 bits per heavy atom. The number of carbonyl (C=O) groups is 2. The van der Waals surface area contributed by atoms with Crippen molar-refractivity contribution in [2.45, 2.75) is 68.0 Å². The number of sulfonamides is 1. The topological polar surface area (TPSA) is 123 Å². The average molecular weight is 658 g/mol. The molecule has 242 valence electrons. The highest BCUT2D eigenvalue weighted by molar-refractivity contribution is 7.90. The summed E-state index contributed by atoms with van der Waals surface area (Å²) in [4.78, 5) is 27.7. The number of alkyl carbamates (subject to hydrolysis) is 1. The van der Waals surface area contributed by atoms with Crippen LogP contribution >= 0.6 is 11.6 Å². The van der Waals surface area contributed by atoms with E-state index in [0.717, 1.165) is 32.1 Å². The second-order valence-electron chi connectivity index (χ2n) is 13.0. The maximum Gasteiger partial charge on any atom is 0.407 e. The molecule has 12 heteroatoms. The minimum absolute atomic E-state index is 0.0275. The van der Waals surface area contributed by atoms with Gasteiger partial charge in [0.1, 0.15) is 17.5 Å². The summed E-state index contributed by atoms with van der Waals surface area (Å²) >= 11 is 6.40. The van der Waals surface area contributed by atoms with Crippen LogP contribution in [0.4, 0.5) is 10.5 Å². The van der Waals surface area contributed by atoms with E-state index in [9.17, 15) is 18.0 Å². The number of hydrogen-bond donors (Lipinski definition) is 2. The molecule has 0 unspecified atom stereocenters. The minimum Gasteiger partial charge on any atom is -0.490 e. The monoisotopic (exact) mass is 657 g/mol. The van der Waals surface area contributed by atoms with Gasteiger partial charge in [0.05, 0.1) is 23.8 Å². The third-order valence-electron chi connectivity index (χ3n) is 9.76. The Morgan fingerprint density at radius 3 is 2.76 bits per heavy atom. The molecule has 0 aromatic heterocycles. The fourth-order valence-corrected chi connectivity index (χ4v) is 8.38. The predicted molar refractivity (Wildman–Crippen MR) is 170 cm³/mol. The van der Waals surface area contributed by atoms with E-state index in [2.05, 4.69) is 21.0 Å². The number of amides is 2. The first-order valence-corrected chi connectivity index (χ1v) is 17.3. The number of halogens is 1. The Labute approximate surface area is 269 Å². The van der Waals surface area contributed by atoms with Crippen molar-refractivity contribution in [1.82, 2.24) is 10.0 Å². The molecule has 1 saturated carbocycles. The molecule has 10 nitrogen and oxygen atoms in total. The van der Waals surface area contributed by atoms with Crippen LogP contribution in [0.3, 0.4) is 0 Å². The molecule has 0 radical (unpaired) electrons. The summed E-state index contributed by atoms with van der Waals surface area (Å²) in [5, 5.41) is 3.25. The highest BCUT2D eigenvalue weighted by Gasteiger charge is 2.45. The van der Waals surface area contributed by atoms with Gasteiger partial charge in [-0.3, -0.25) is 4.79 Å². The lowest BCUT2D eigenvalue weighted by Gasteiger charge is -2.45. The van der Waals surface area contributed by atoms with Crippen LogP contribution in [0.5, 0.6) is 5.75 Å². The molecule has 1 spiro atoms. The number of carbonyl (C=O) groups excluding carboxylic acids is 2. The maximum atomic E-state index is 13.5. The van der Waals surface area contributed by atoms with Gasteiger partial charge in [0, 0.05) is 36.5 Å². The fraction of sp³-hybridized carbons (Fsp3) is 0.515. The number of anilines is 1. The van der Waals surface area contributed by atoms with Crippen LogP contribution in [0.25, 0.3) is 0 Å². The molecule has 6 rings (SSSR count). The first-order chi connectivity index (χ1) is 21.4. The van der Waals surface area contributed by atoms with Crippen molar-refractivity contribution in [1.29, 1.82) is 0 Å². The molecule has 0 saturated heterocycles. The molecule has 2 aliphatic carbocycles. The molecule has 4 atom stereocenters. The number of nitrogens with one attached hydrogen (secondary N) is 2. The number of nitrogens with zero attached hydrogens (tertiary/aromatic N) is 1. The van der Waals surface area contributed by atoms with Crippen molar-refractivity contribution in [2.75, 3.05) is 38.3 Å². The summed E-state index contributed by atoms with van der Waals surface area (Å²) in [6, 6.07) is 10.8. The second-order valence-corrected chi connectivity index (χ2v) is 15.2. The lowest BCUT2D eigenvalue weighted by molar-refractivity contribution is -0.139. The Kier molecular flexibility index (Phi) is 8.56. The number of ether oxygens (including phenoxy) is 3. The number of aryl methyl sites for hydroxylation is 1. The van der Waals surface area contributed by atoms with Gasteiger partial charge in [-0.2, -0.15) is 0 Å². The molecule has 2 heterocycles. The van der Waals surface area contributed by atoms with Crippen molar-refractivity contribution < 1.29 is 32.2 Å². The van der Waals surface area contributed by atoms with Crippen LogP contribution in [-0.4, -0.2) is 65.5 Å².